The number of carbonyl (C=O) groups is 5. The van der Waals surface area contributed by atoms with Crippen LogP contribution in [-0.4, -0.2) is 72.8 Å². The number of unbranched alkanes of at least 4 members (excludes halogenated alkanes) is 1. The number of anilines is 1. The number of H-pyrrole nitrogens is 1. The molecule has 0 aliphatic carbocycles. The number of aromatic amines is 1. The van der Waals surface area contributed by atoms with E-state index < -0.39 is 35.6 Å². The predicted octanol–water partition coefficient (Wildman–Crippen LogP) is 3.57. The van der Waals surface area contributed by atoms with Crippen molar-refractivity contribution in [3.05, 3.63) is 72.4 Å². The standard InChI is InChI=1S/C19H25F3N4O.2C4H4O4/c1-14(24-11-10-17-12-23-13-25-17)4-2-3-5-18(27)26-16-8-6-15(7-9-16)19(20,21)22;2*5-3(6)1-2-4(7)8/h6-9,12-14,24H,2-5,10-11H2,1H3,(H,23,25)(H,26,27);2*1-2H,(H,5,6)(H,7,8)/b;2*2-1+. The van der Waals surface area contributed by atoms with Gasteiger partial charge in [0.25, 0.3) is 0 Å². The van der Waals surface area contributed by atoms with Crippen LogP contribution in [0, 0.1) is 0 Å². The molecule has 0 radical (unpaired) electrons. The average Bonchev–Trinajstić information content (AvgIpc) is 3.43. The van der Waals surface area contributed by atoms with Crippen molar-refractivity contribution < 1.29 is 57.6 Å². The molecular formula is C27H33F3N4O9. The van der Waals surface area contributed by atoms with Crippen LogP contribution in [0.4, 0.5) is 18.9 Å². The number of nitrogens with zero attached hydrogens (tertiary/aromatic N) is 1. The summed E-state index contributed by atoms with van der Waals surface area (Å²) >= 11 is 0. The lowest BCUT2D eigenvalue weighted by molar-refractivity contribution is -0.137. The second kappa shape index (κ2) is 20.8. The third-order valence-electron chi connectivity index (χ3n) is 4.97. The Kier molecular flexibility index (Phi) is 18.4. The van der Waals surface area contributed by atoms with E-state index in [1.165, 1.54) is 12.1 Å². The maximum atomic E-state index is 12.5. The fourth-order valence-corrected chi connectivity index (χ4v) is 2.96. The highest BCUT2D eigenvalue weighted by atomic mass is 19.4. The Bertz CT molecular complexity index is 1150. The summed E-state index contributed by atoms with van der Waals surface area (Å²) in [5.41, 5.74) is 0.742. The third-order valence-corrected chi connectivity index (χ3v) is 4.97. The number of carboxylic acid groups (broad SMARTS) is 4. The molecule has 236 valence electrons. The predicted molar refractivity (Wildman–Crippen MR) is 147 cm³/mol. The van der Waals surface area contributed by atoms with E-state index >= 15 is 0 Å². The fourth-order valence-electron chi connectivity index (χ4n) is 2.96. The van der Waals surface area contributed by atoms with E-state index in [-0.39, 0.29) is 5.91 Å². The number of aliphatic carboxylic acids is 4. The summed E-state index contributed by atoms with van der Waals surface area (Å²) in [6.07, 6.45) is 5.16. The number of alkyl halides is 3. The lowest BCUT2D eigenvalue weighted by Gasteiger charge is -2.13. The third kappa shape index (κ3) is 22.4. The molecule has 0 bridgehead atoms. The van der Waals surface area contributed by atoms with Gasteiger partial charge in [-0.3, -0.25) is 4.79 Å². The molecule has 1 aromatic carbocycles. The minimum atomic E-state index is -4.37. The Morgan fingerprint density at radius 3 is 1.81 bits per heavy atom. The van der Waals surface area contributed by atoms with Crippen LogP contribution in [-0.2, 0) is 36.6 Å². The average molecular weight is 615 g/mol. The minimum absolute atomic E-state index is 0.186. The highest BCUT2D eigenvalue weighted by Crippen LogP contribution is 2.29. The number of carboxylic acids is 4. The van der Waals surface area contributed by atoms with Crippen molar-refractivity contribution in [3.8, 4) is 0 Å². The molecule has 1 amide bonds. The molecule has 0 fully saturated rings. The number of carbonyl (C=O) groups excluding carboxylic acids is 1. The van der Waals surface area contributed by atoms with Gasteiger partial charge in [0.2, 0.25) is 5.91 Å². The van der Waals surface area contributed by atoms with Crippen molar-refractivity contribution in [1.29, 1.82) is 0 Å². The van der Waals surface area contributed by atoms with Crippen LogP contribution in [0.15, 0.2) is 61.1 Å². The summed E-state index contributed by atoms with van der Waals surface area (Å²) in [6, 6.07) is 4.82. The van der Waals surface area contributed by atoms with E-state index in [0.29, 0.717) is 42.5 Å². The molecule has 7 N–H and O–H groups in total. The molecule has 1 heterocycles. The zero-order valence-corrected chi connectivity index (χ0v) is 23.0. The molecule has 2 rings (SSSR count). The second-order valence-corrected chi connectivity index (χ2v) is 8.57. The van der Waals surface area contributed by atoms with Gasteiger partial charge in [0.15, 0.2) is 0 Å². The number of nitrogens with one attached hydrogen (secondary N) is 3. The lowest BCUT2D eigenvalue weighted by Crippen LogP contribution is -2.28. The smallest absolute Gasteiger partial charge is 0.416 e. The number of benzene rings is 1. The maximum absolute atomic E-state index is 12.5. The zero-order valence-electron chi connectivity index (χ0n) is 23.0. The largest absolute Gasteiger partial charge is 0.478 e. The van der Waals surface area contributed by atoms with Gasteiger partial charge in [-0.2, -0.15) is 13.2 Å². The number of imidazole rings is 1. The van der Waals surface area contributed by atoms with Crippen LogP contribution in [0.1, 0.15) is 43.9 Å². The minimum Gasteiger partial charge on any atom is -0.478 e. The van der Waals surface area contributed by atoms with Gasteiger partial charge in [0, 0.05) is 67.3 Å². The van der Waals surface area contributed by atoms with E-state index in [1.807, 2.05) is 6.20 Å². The van der Waals surface area contributed by atoms with Gasteiger partial charge in [-0.25, -0.2) is 24.2 Å². The molecular weight excluding hydrogens is 581 g/mol. The number of rotatable bonds is 14. The highest BCUT2D eigenvalue weighted by molar-refractivity contribution is 5.91. The molecule has 1 aromatic heterocycles. The summed E-state index contributed by atoms with van der Waals surface area (Å²) < 4.78 is 37.5. The van der Waals surface area contributed by atoms with Gasteiger partial charge in [-0.05, 0) is 44.0 Å². The molecule has 1 atom stereocenters. The lowest BCUT2D eigenvalue weighted by atomic mass is 10.1. The maximum Gasteiger partial charge on any atom is 0.416 e. The molecule has 13 nitrogen and oxygen atoms in total. The van der Waals surface area contributed by atoms with Crippen LogP contribution < -0.4 is 10.6 Å². The van der Waals surface area contributed by atoms with Crippen molar-refractivity contribution in [2.75, 3.05) is 11.9 Å². The van der Waals surface area contributed by atoms with Crippen molar-refractivity contribution >= 4 is 35.5 Å². The van der Waals surface area contributed by atoms with E-state index in [2.05, 4.69) is 27.5 Å². The van der Waals surface area contributed by atoms with Crippen molar-refractivity contribution in [3.63, 3.8) is 0 Å². The zero-order chi connectivity index (χ0) is 32.8. The van der Waals surface area contributed by atoms with Gasteiger partial charge >= 0.3 is 30.1 Å². The Hall–Kier alpha value is -4.99. The molecule has 1 unspecified atom stereocenters. The Balaban J connectivity index is 0.000000903. The van der Waals surface area contributed by atoms with Gasteiger partial charge < -0.3 is 36.0 Å². The number of hydrogen-bond acceptors (Lipinski definition) is 7. The summed E-state index contributed by atoms with van der Waals surface area (Å²) in [6.45, 7) is 2.97. The number of amides is 1. The first kappa shape index (κ1) is 38.0. The first-order chi connectivity index (χ1) is 20.1. The summed E-state index contributed by atoms with van der Waals surface area (Å²) in [5.74, 6) is -5.21. The SMILES string of the molecule is CC(CCCCC(=O)Nc1ccc(C(F)(F)F)cc1)NCCc1cnc[nH]1.O=C(O)/C=C/C(=O)O.O=C(O)/C=C/C(=O)O. The summed E-state index contributed by atoms with van der Waals surface area (Å²) in [5, 5.41) is 37.3. The molecule has 43 heavy (non-hydrogen) atoms. The van der Waals surface area contributed by atoms with Crippen molar-refractivity contribution in [2.45, 2.75) is 51.2 Å². The fraction of sp³-hybridized carbons (Fsp3) is 0.333. The molecule has 2 aromatic rings. The van der Waals surface area contributed by atoms with Crippen molar-refractivity contribution in [2.24, 2.45) is 0 Å². The monoisotopic (exact) mass is 614 g/mol. The number of halogens is 3. The first-order valence-electron chi connectivity index (χ1n) is 12.6. The van der Waals surface area contributed by atoms with E-state index in [0.717, 1.165) is 50.1 Å². The van der Waals surface area contributed by atoms with Crippen LogP contribution in [0.5, 0.6) is 0 Å². The topological polar surface area (TPSA) is 219 Å². The molecule has 0 spiro atoms. The van der Waals surface area contributed by atoms with Crippen LogP contribution in [0.25, 0.3) is 0 Å². The number of aromatic nitrogens is 2. The van der Waals surface area contributed by atoms with E-state index in [9.17, 15) is 37.1 Å². The van der Waals surface area contributed by atoms with Gasteiger partial charge in [-0.15, -0.1) is 0 Å². The Morgan fingerprint density at radius 1 is 0.884 bits per heavy atom. The molecule has 0 saturated carbocycles. The Morgan fingerprint density at radius 2 is 1.40 bits per heavy atom. The van der Waals surface area contributed by atoms with Crippen molar-refractivity contribution in [1.82, 2.24) is 15.3 Å². The van der Waals surface area contributed by atoms with Crippen LogP contribution in [0.3, 0.4) is 0 Å². The normalized spacial score (nSPS) is 11.5. The molecule has 0 aliphatic heterocycles. The second-order valence-electron chi connectivity index (χ2n) is 8.57. The highest BCUT2D eigenvalue weighted by Gasteiger charge is 2.29. The Labute approximate surface area is 244 Å². The van der Waals surface area contributed by atoms with Crippen LogP contribution in [0.2, 0.25) is 0 Å². The first-order valence-corrected chi connectivity index (χ1v) is 12.6. The van der Waals surface area contributed by atoms with Gasteiger partial charge in [0.05, 0.1) is 11.9 Å². The molecule has 0 aliphatic rings. The summed E-state index contributed by atoms with van der Waals surface area (Å²) in [4.78, 5) is 57.1. The van der Waals surface area contributed by atoms with Gasteiger partial charge in [0.1, 0.15) is 0 Å². The number of hydrogen-bond donors (Lipinski definition) is 7. The molecule has 0 saturated heterocycles. The van der Waals surface area contributed by atoms with Gasteiger partial charge in [-0.1, -0.05) is 6.42 Å². The van der Waals surface area contributed by atoms with E-state index in [4.69, 9.17) is 20.4 Å². The van der Waals surface area contributed by atoms with E-state index in [1.54, 1.807) is 6.33 Å². The molecule has 16 heteroatoms. The van der Waals surface area contributed by atoms with Crippen LogP contribution >= 0.6 is 0 Å². The quantitative estimate of drug-likeness (QED) is 0.120. The summed E-state index contributed by atoms with van der Waals surface area (Å²) in [7, 11) is 0.